The number of carbonyl (C=O) groups is 2. The van der Waals surface area contributed by atoms with Gasteiger partial charge in [-0.15, -0.1) is 0 Å². The molecule has 1 aliphatic carbocycles. The highest BCUT2D eigenvalue weighted by molar-refractivity contribution is 6.30. The molecule has 0 spiro atoms. The topological polar surface area (TPSA) is 46.6 Å². The number of hydrogen-bond acceptors (Lipinski definition) is 4. The number of allylic oxidation sites excluding steroid dienone is 1. The van der Waals surface area contributed by atoms with Crippen LogP contribution in [-0.4, -0.2) is 17.2 Å². The summed E-state index contributed by atoms with van der Waals surface area (Å²) in [7, 11) is 0. The molecule has 1 fully saturated rings. The number of hydroxylamine groups is 1. The maximum atomic E-state index is 13.0. The Kier molecular flexibility index (Phi) is 3.98. The third kappa shape index (κ3) is 2.49. The first-order valence-corrected chi connectivity index (χ1v) is 8.85. The second-order valence-corrected chi connectivity index (χ2v) is 7.33. The molecule has 1 aliphatic heterocycles. The average molecular weight is 368 g/mol. The molecule has 3 atom stereocenters. The van der Waals surface area contributed by atoms with E-state index in [0.717, 1.165) is 11.3 Å². The van der Waals surface area contributed by atoms with Gasteiger partial charge in [0, 0.05) is 5.02 Å². The van der Waals surface area contributed by atoms with Gasteiger partial charge in [-0.25, -0.2) is 5.06 Å². The van der Waals surface area contributed by atoms with Crippen LogP contribution < -0.4 is 5.06 Å². The van der Waals surface area contributed by atoms with Gasteiger partial charge in [-0.2, -0.15) is 0 Å². The molecule has 26 heavy (non-hydrogen) atoms. The number of hydrogen-bond donors (Lipinski definition) is 0. The van der Waals surface area contributed by atoms with Crippen LogP contribution >= 0.6 is 11.6 Å². The maximum Gasteiger partial charge on any atom is 0.191 e. The molecule has 0 radical (unpaired) electrons. The van der Waals surface area contributed by atoms with Crippen LogP contribution in [0, 0.1) is 5.92 Å². The Balaban J connectivity index is 1.89. The number of para-hydroxylation sites is 1. The van der Waals surface area contributed by atoms with Crippen LogP contribution in [0.4, 0.5) is 5.69 Å². The van der Waals surface area contributed by atoms with E-state index < -0.39 is 17.6 Å². The second-order valence-electron chi connectivity index (χ2n) is 6.89. The molecule has 132 valence electrons. The van der Waals surface area contributed by atoms with E-state index in [9.17, 15) is 9.59 Å². The van der Waals surface area contributed by atoms with Crippen molar-refractivity contribution in [1.82, 2.24) is 0 Å². The number of fused-ring (bicyclic) bond motifs is 1. The van der Waals surface area contributed by atoms with Crippen molar-refractivity contribution in [3.8, 4) is 0 Å². The molecule has 1 heterocycles. The van der Waals surface area contributed by atoms with Crippen molar-refractivity contribution in [2.75, 3.05) is 5.06 Å². The van der Waals surface area contributed by atoms with Crippen LogP contribution in [0.3, 0.4) is 0 Å². The van der Waals surface area contributed by atoms with Crippen molar-refractivity contribution in [2.24, 2.45) is 5.92 Å². The lowest BCUT2D eigenvalue weighted by atomic mass is 9.71. The number of nitrogens with zero attached hydrogens (tertiary/aromatic N) is 1. The van der Waals surface area contributed by atoms with E-state index in [1.54, 1.807) is 31.0 Å². The summed E-state index contributed by atoms with van der Waals surface area (Å²) in [5.41, 5.74) is 0.913. The summed E-state index contributed by atoms with van der Waals surface area (Å²) >= 11 is 6.04. The highest BCUT2D eigenvalue weighted by Crippen LogP contribution is 2.51. The Bertz CT molecular complexity index is 907. The lowest BCUT2D eigenvalue weighted by Gasteiger charge is -2.30. The molecule has 5 heteroatoms. The van der Waals surface area contributed by atoms with Gasteiger partial charge in [0.05, 0.1) is 17.6 Å². The number of Topliss-reactive ketones (excluding diaryl/α,β-unsaturated/α-hetero) is 1. The zero-order chi connectivity index (χ0) is 18.5. The first-order valence-electron chi connectivity index (χ1n) is 8.47. The predicted octanol–water partition coefficient (Wildman–Crippen LogP) is 4.31. The van der Waals surface area contributed by atoms with Crippen LogP contribution in [0.5, 0.6) is 0 Å². The molecule has 2 aliphatic rings. The van der Waals surface area contributed by atoms with E-state index in [4.69, 9.17) is 16.4 Å². The second kappa shape index (κ2) is 6.08. The van der Waals surface area contributed by atoms with Gasteiger partial charge in [0.15, 0.2) is 17.2 Å². The lowest BCUT2D eigenvalue weighted by Crippen LogP contribution is -2.48. The Morgan fingerprint density at radius 1 is 1.04 bits per heavy atom. The third-order valence-corrected chi connectivity index (χ3v) is 5.43. The fourth-order valence-electron chi connectivity index (χ4n) is 3.78. The SMILES string of the molecule is CC1=CC(=O)[C@@]2(C)ON(c3ccccc3)[C@@H](c3ccc(Cl)cc3)C2C1=O. The Hall–Kier alpha value is -2.43. The molecule has 4 rings (SSSR count). The minimum absolute atomic E-state index is 0.0644. The van der Waals surface area contributed by atoms with Gasteiger partial charge < -0.3 is 0 Å². The monoisotopic (exact) mass is 367 g/mol. The quantitative estimate of drug-likeness (QED) is 0.793. The number of rotatable bonds is 2. The summed E-state index contributed by atoms with van der Waals surface area (Å²) in [6.45, 7) is 3.39. The van der Waals surface area contributed by atoms with Crippen molar-refractivity contribution < 1.29 is 14.4 Å². The fraction of sp³-hybridized carbons (Fsp3) is 0.238. The van der Waals surface area contributed by atoms with E-state index in [1.165, 1.54) is 6.08 Å². The first-order chi connectivity index (χ1) is 12.4. The highest BCUT2D eigenvalue weighted by atomic mass is 35.5. The molecular weight excluding hydrogens is 350 g/mol. The summed E-state index contributed by atoms with van der Waals surface area (Å²) in [5.74, 6) is -0.871. The van der Waals surface area contributed by atoms with Crippen molar-refractivity contribution in [3.05, 3.63) is 76.8 Å². The minimum Gasteiger partial charge on any atom is -0.294 e. The number of benzene rings is 2. The number of carbonyl (C=O) groups excluding carboxylic acids is 2. The van der Waals surface area contributed by atoms with Crippen LogP contribution in [0.25, 0.3) is 0 Å². The highest BCUT2D eigenvalue weighted by Gasteiger charge is 2.61. The van der Waals surface area contributed by atoms with Gasteiger partial charge in [-0.1, -0.05) is 41.9 Å². The van der Waals surface area contributed by atoms with Crippen molar-refractivity contribution in [3.63, 3.8) is 0 Å². The zero-order valence-electron chi connectivity index (χ0n) is 14.5. The fourth-order valence-corrected chi connectivity index (χ4v) is 3.90. The number of anilines is 1. The molecule has 0 amide bonds. The molecule has 0 saturated carbocycles. The molecule has 0 bridgehead atoms. The first kappa shape index (κ1) is 17.0. The largest absolute Gasteiger partial charge is 0.294 e. The number of ketones is 2. The van der Waals surface area contributed by atoms with Gasteiger partial charge in [-0.3, -0.25) is 14.4 Å². The summed E-state index contributed by atoms with van der Waals surface area (Å²) in [6.07, 6.45) is 1.40. The molecule has 0 aromatic heterocycles. The minimum atomic E-state index is -1.23. The zero-order valence-corrected chi connectivity index (χ0v) is 15.2. The predicted molar refractivity (Wildman–Crippen MR) is 99.9 cm³/mol. The molecule has 1 unspecified atom stereocenters. The van der Waals surface area contributed by atoms with Crippen molar-refractivity contribution >= 4 is 28.9 Å². The Labute approximate surface area is 157 Å². The Morgan fingerprint density at radius 2 is 1.69 bits per heavy atom. The summed E-state index contributed by atoms with van der Waals surface area (Å²) < 4.78 is 0. The average Bonchev–Trinajstić information content (AvgIpc) is 2.97. The molecule has 2 aromatic rings. The molecule has 4 nitrogen and oxygen atoms in total. The smallest absolute Gasteiger partial charge is 0.191 e. The van der Waals surface area contributed by atoms with Crippen LogP contribution in [0.2, 0.25) is 5.02 Å². The van der Waals surface area contributed by atoms with Gasteiger partial charge in [0.1, 0.15) is 0 Å². The number of halogens is 1. The molecule has 1 saturated heterocycles. The van der Waals surface area contributed by atoms with Crippen molar-refractivity contribution in [1.29, 1.82) is 0 Å². The van der Waals surface area contributed by atoms with Gasteiger partial charge in [0.2, 0.25) is 0 Å². The van der Waals surface area contributed by atoms with Gasteiger partial charge in [-0.05, 0) is 55.3 Å². The van der Waals surface area contributed by atoms with Crippen LogP contribution in [-0.2, 0) is 14.4 Å². The van der Waals surface area contributed by atoms with E-state index >= 15 is 0 Å². The van der Waals surface area contributed by atoms with E-state index in [2.05, 4.69) is 0 Å². The summed E-state index contributed by atoms with van der Waals surface area (Å²) in [5, 5.41) is 2.31. The Morgan fingerprint density at radius 3 is 2.35 bits per heavy atom. The van der Waals surface area contributed by atoms with Crippen LogP contribution in [0.1, 0.15) is 25.5 Å². The normalized spacial score (nSPS) is 28.1. The lowest BCUT2D eigenvalue weighted by molar-refractivity contribution is -0.143. The van der Waals surface area contributed by atoms with Gasteiger partial charge in [0.25, 0.3) is 0 Å². The van der Waals surface area contributed by atoms with E-state index in [-0.39, 0.29) is 11.6 Å². The molecule has 2 aromatic carbocycles. The third-order valence-electron chi connectivity index (χ3n) is 5.18. The van der Waals surface area contributed by atoms with Crippen molar-refractivity contribution in [2.45, 2.75) is 25.5 Å². The summed E-state index contributed by atoms with van der Waals surface area (Å²) in [4.78, 5) is 31.9. The molecule has 0 N–H and O–H groups in total. The van der Waals surface area contributed by atoms with Gasteiger partial charge >= 0.3 is 0 Å². The van der Waals surface area contributed by atoms with Crippen LogP contribution in [0.15, 0.2) is 66.2 Å². The summed E-state index contributed by atoms with van der Waals surface area (Å²) in [6, 6.07) is 16.4. The molecular formula is C21H18ClNO3. The maximum absolute atomic E-state index is 13.0. The van der Waals surface area contributed by atoms with E-state index in [0.29, 0.717) is 10.6 Å². The standard InChI is InChI=1S/C21H18ClNO3/c1-13-12-17(24)21(2)18(20(13)25)19(14-8-10-15(22)11-9-14)23(26-21)16-6-4-3-5-7-16/h3-12,18-19H,1-2H3/t18?,19-,21+/m0/s1. The van der Waals surface area contributed by atoms with E-state index in [1.807, 2.05) is 42.5 Å².